The van der Waals surface area contributed by atoms with Crippen molar-refractivity contribution in [2.24, 2.45) is 22.9 Å². The minimum Gasteiger partial charge on any atom is -0.480 e. The highest BCUT2D eigenvalue weighted by molar-refractivity contribution is 5.93. The fourth-order valence-electron chi connectivity index (χ4n) is 2.17. The van der Waals surface area contributed by atoms with Crippen LogP contribution in [-0.2, 0) is 24.0 Å². The van der Waals surface area contributed by atoms with E-state index in [1.54, 1.807) is 0 Å². The largest absolute Gasteiger partial charge is 0.480 e. The second-order valence-electron chi connectivity index (χ2n) is 6.03. The average Bonchev–Trinajstić information content (AvgIpc) is 2.56. The number of carbonyl (C=O) groups excluding carboxylic acids is 4. The maximum Gasteiger partial charge on any atom is 0.326 e. The van der Waals surface area contributed by atoms with Crippen LogP contribution in [0.3, 0.4) is 0 Å². The first-order chi connectivity index (χ1) is 12.6. The summed E-state index contributed by atoms with van der Waals surface area (Å²) in [5.41, 5.74) is 20.9. The first-order valence-electron chi connectivity index (χ1n) is 8.44. The lowest BCUT2D eigenvalue weighted by Gasteiger charge is -2.22. The maximum atomic E-state index is 12.4. The SMILES string of the molecule is NCCCCC(NC(=O)C(CCC(N)=O)NC(=O)C(N)CC(N)=O)C(=O)O. The summed E-state index contributed by atoms with van der Waals surface area (Å²) in [6.07, 6.45) is 0.390. The lowest BCUT2D eigenvalue weighted by Crippen LogP contribution is -2.55. The molecule has 0 radical (unpaired) electrons. The van der Waals surface area contributed by atoms with E-state index in [0.29, 0.717) is 19.4 Å². The molecule has 0 saturated heterocycles. The van der Waals surface area contributed by atoms with Gasteiger partial charge in [-0.1, -0.05) is 0 Å². The van der Waals surface area contributed by atoms with Crippen molar-refractivity contribution in [2.75, 3.05) is 6.54 Å². The van der Waals surface area contributed by atoms with Crippen LogP contribution in [0, 0.1) is 0 Å². The predicted octanol–water partition coefficient (Wildman–Crippen LogP) is -3.36. The van der Waals surface area contributed by atoms with Crippen molar-refractivity contribution in [2.45, 2.75) is 56.7 Å². The summed E-state index contributed by atoms with van der Waals surface area (Å²) in [7, 11) is 0. The van der Waals surface area contributed by atoms with Crippen LogP contribution in [0.4, 0.5) is 0 Å². The highest BCUT2D eigenvalue weighted by Crippen LogP contribution is 2.04. The minimum atomic E-state index is -1.29. The molecule has 0 bridgehead atoms. The van der Waals surface area contributed by atoms with E-state index in [1.165, 1.54) is 0 Å². The molecule has 0 heterocycles. The van der Waals surface area contributed by atoms with Crippen LogP contribution in [-0.4, -0.2) is 59.4 Å². The van der Waals surface area contributed by atoms with Gasteiger partial charge in [-0.15, -0.1) is 0 Å². The van der Waals surface area contributed by atoms with E-state index in [4.69, 9.17) is 22.9 Å². The molecule has 3 unspecified atom stereocenters. The number of carbonyl (C=O) groups is 5. The van der Waals surface area contributed by atoms with E-state index in [2.05, 4.69) is 10.6 Å². The number of aliphatic carboxylic acids is 1. The van der Waals surface area contributed by atoms with Gasteiger partial charge in [0.05, 0.1) is 12.5 Å². The molecule has 11 N–H and O–H groups in total. The molecule has 0 aliphatic heterocycles. The monoisotopic (exact) mass is 388 g/mol. The smallest absolute Gasteiger partial charge is 0.326 e. The van der Waals surface area contributed by atoms with E-state index in [1.807, 2.05) is 0 Å². The summed E-state index contributed by atoms with van der Waals surface area (Å²) in [6.45, 7) is 0.384. The summed E-state index contributed by atoms with van der Waals surface area (Å²) < 4.78 is 0. The molecular formula is C15H28N6O6. The van der Waals surface area contributed by atoms with Crippen molar-refractivity contribution in [3.8, 4) is 0 Å². The standard InChI is InChI=1S/C15H28N6O6/c16-6-2-1-3-10(15(26)27)21-14(25)9(4-5-11(18)22)20-13(24)8(17)7-12(19)23/h8-10H,1-7,16-17H2,(H2,18,22)(H2,19,23)(H,20,24)(H,21,25)(H,26,27). The van der Waals surface area contributed by atoms with Crippen LogP contribution in [0.25, 0.3) is 0 Å². The number of rotatable bonds is 14. The second kappa shape index (κ2) is 12.6. The predicted molar refractivity (Wildman–Crippen MR) is 94.6 cm³/mol. The molecule has 0 aromatic rings. The molecule has 0 aromatic carbocycles. The van der Waals surface area contributed by atoms with Gasteiger partial charge in [-0.05, 0) is 32.2 Å². The van der Waals surface area contributed by atoms with E-state index in [0.717, 1.165) is 0 Å². The summed E-state index contributed by atoms with van der Waals surface area (Å²) >= 11 is 0. The Bertz CT molecular complexity index is 555. The maximum absolute atomic E-state index is 12.4. The van der Waals surface area contributed by atoms with Crippen LogP contribution in [0.2, 0.25) is 0 Å². The number of primary amides is 2. The van der Waals surface area contributed by atoms with Gasteiger partial charge in [-0.3, -0.25) is 19.2 Å². The molecule has 154 valence electrons. The zero-order valence-corrected chi connectivity index (χ0v) is 15.0. The molecule has 0 aliphatic carbocycles. The first kappa shape index (κ1) is 24.3. The highest BCUT2D eigenvalue weighted by Gasteiger charge is 2.28. The van der Waals surface area contributed by atoms with Gasteiger partial charge >= 0.3 is 5.97 Å². The molecule has 3 atom stereocenters. The third kappa shape index (κ3) is 10.8. The highest BCUT2D eigenvalue weighted by atomic mass is 16.4. The number of nitrogens with two attached hydrogens (primary N) is 4. The lowest BCUT2D eigenvalue weighted by molar-refractivity contribution is -0.142. The summed E-state index contributed by atoms with van der Waals surface area (Å²) in [6, 6.07) is -3.72. The zero-order chi connectivity index (χ0) is 21.0. The molecule has 0 fully saturated rings. The fraction of sp³-hybridized carbons (Fsp3) is 0.667. The van der Waals surface area contributed by atoms with Crippen LogP contribution < -0.4 is 33.6 Å². The third-order valence-electron chi connectivity index (χ3n) is 3.63. The molecular weight excluding hydrogens is 360 g/mol. The van der Waals surface area contributed by atoms with Crippen molar-refractivity contribution in [1.82, 2.24) is 10.6 Å². The Labute approximate surface area is 156 Å². The Morgan fingerprint density at radius 3 is 1.93 bits per heavy atom. The molecule has 12 heteroatoms. The van der Waals surface area contributed by atoms with E-state index >= 15 is 0 Å². The number of nitrogens with one attached hydrogen (secondary N) is 2. The van der Waals surface area contributed by atoms with E-state index < -0.39 is 54.1 Å². The number of hydrogen-bond donors (Lipinski definition) is 7. The van der Waals surface area contributed by atoms with Gasteiger partial charge in [-0.2, -0.15) is 0 Å². The molecule has 0 aliphatic rings. The molecule has 0 aromatic heterocycles. The number of carboxylic acid groups (broad SMARTS) is 1. The summed E-state index contributed by atoms with van der Waals surface area (Å²) in [4.78, 5) is 57.5. The topological polar surface area (TPSA) is 234 Å². The summed E-state index contributed by atoms with van der Waals surface area (Å²) in [5, 5.41) is 13.8. The Morgan fingerprint density at radius 2 is 1.44 bits per heavy atom. The minimum absolute atomic E-state index is 0.149. The van der Waals surface area contributed by atoms with Crippen LogP contribution in [0.15, 0.2) is 0 Å². The van der Waals surface area contributed by atoms with Gasteiger partial charge in [0.1, 0.15) is 12.1 Å². The van der Waals surface area contributed by atoms with Crippen LogP contribution in [0.1, 0.15) is 38.5 Å². The second-order valence-corrected chi connectivity index (χ2v) is 6.03. The molecule has 0 rings (SSSR count). The van der Waals surface area contributed by atoms with Gasteiger partial charge in [0, 0.05) is 6.42 Å². The quantitative estimate of drug-likeness (QED) is 0.148. The fourth-order valence-corrected chi connectivity index (χ4v) is 2.17. The molecule has 0 spiro atoms. The van der Waals surface area contributed by atoms with Gasteiger partial charge in [0.25, 0.3) is 0 Å². The number of amides is 4. The molecule has 27 heavy (non-hydrogen) atoms. The third-order valence-corrected chi connectivity index (χ3v) is 3.63. The van der Waals surface area contributed by atoms with Crippen LogP contribution >= 0.6 is 0 Å². The van der Waals surface area contributed by atoms with Gasteiger partial charge in [0.2, 0.25) is 23.6 Å². The van der Waals surface area contributed by atoms with E-state index in [-0.39, 0.29) is 19.3 Å². The lowest BCUT2D eigenvalue weighted by atomic mass is 10.1. The number of carboxylic acids is 1. The van der Waals surface area contributed by atoms with Crippen LogP contribution in [0.5, 0.6) is 0 Å². The molecule has 12 nitrogen and oxygen atoms in total. The van der Waals surface area contributed by atoms with E-state index in [9.17, 15) is 29.1 Å². The first-order valence-corrected chi connectivity index (χ1v) is 8.44. The van der Waals surface area contributed by atoms with Crippen molar-refractivity contribution in [1.29, 1.82) is 0 Å². The van der Waals surface area contributed by atoms with Gasteiger partial charge in [-0.25, -0.2) is 4.79 Å². The molecule has 4 amide bonds. The van der Waals surface area contributed by atoms with Gasteiger partial charge < -0.3 is 38.7 Å². The Hall–Kier alpha value is -2.73. The van der Waals surface area contributed by atoms with Crippen molar-refractivity contribution in [3.05, 3.63) is 0 Å². The Kier molecular flexibility index (Phi) is 11.3. The number of unbranched alkanes of at least 4 members (excludes halogenated alkanes) is 1. The summed E-state index contributed by atoms with van der Waals surface area (Å²) in [5.74, 6) is -4.40. The van der Waals surface area contributed by atoms with Crippen molar-refractivity contribution < 1.29 is 29.1 Å². The van der Waals surface area contributed by atoms with Crippen molar-refractivity contribution >= 4 is 29.6 Å². The zero-order valence-electron chi connectivity index (χ0n) is 15.0. The normalized spacial score (nSPS) is 13.9. The Morgan fingerprint density at radius 1 is 0.852 bits per heavy atom. The van der Waals surface area contributed by atoms with Crippen molar-refractivity contribution in [3.63, 3.8) is 0 Å². The number of hydrogen-bond acceptors (Lipinski definition) is 7. The molecule has 0 saturated carbocycles. The van der Waals surface area contributed by atoms with Gasteiger partial charge in [0.15, 0.2) is 0 Å². The Balaban J connectivity index is 5.04. The average molecular weight is 388 g/mol.